The molecule has 0 bridgehead atoms. The maximum Gasteiger partial charge on any atom is 0.0349 e. The molecule has 0 aliphatic heterocycles. The molecule has 1 N–H and O–H groups in total. The third-order valence-corrected chi connectivity index (χ3v) is 3.89. The summed E-state index contributed by atoms with van der Waals surface area (Å²) >= 11 is 0. The number of nitrogens with one attached hydrogen (secondary N) is 1. The number of fused-ring (bicyclic) bond motifs is 1. The van der Waals surface area contributed by atoms with Gasteiger partial charge in [0.25, 0.3) is 0 Å². The van der Waals surface area contributed by atoms with E-state index in [1.165, 1.54) is 37.7 Å². The highest BCUT2D eigenvalue weighted by Gasteiger charge is 2.27. The van der Waals surface area contributed by atoms with Gasteiger partial charge in [0.05, 0.1) is 0 Å². The van der Waals surface area contributed by atoms with Gasteiger partial charge in [-0.3, -0.25) is 0 Å². The molecular weight excluding hydrogens is 194 g/mol. The van der Waals surface area contributed by atoms with Crippen LogP contribution in [0.4, 0.5) is 0 Å². The topological polar surface area (TPSA) is 12.0 Å². The Labute approximate surface area is 99.3 Å². The van der Waals surface area contributed by atoms with Gasteiger partial charge in [0.1, 0.15) is 0 Å². The molecular formula is C15H23N. The number of benzene rings is 1. The van der Waals surface area contributed by atoms with Crippen LogP contribution in [0.3, 0.4) is 0 Å². The van der Waals surface area contributed by atoms with Crippen LogP contribution in [-0.4, -0.2) is 7.05 Å². The standard InChI is InChI=1S/C15H23N/c1-3-4-7-13-11-10-12-8-5-6-9-14(12)15(13)16-2/h5-6,8-9,13,15-16H,3-4,7,10-11H2,1-2H3. The van der Waals surface area contributed by atoms with E-state index in [1.807, 2.05) is 0 Å². The van der Waals surface area contributed by atoms with Crippen LogP contribution in [0.1, 0.15) is 49.8 Å². The molecule has 0 saturated heterocycles. The van der Waals surface area contributed by atoms with Crippen molar-refractivity contribution in [2.75, 3.05) is 7.05 Å². The van der Waals surface area contributed by atoms with Crippen molar-refractivity contribution < 1.29 is 0 Å². The van der Waals surface area contributed by atoms with Gasteiger partial charge >= 0.3 is 0 Å². The minimum atomic E-state index is 0.580. The largest absolute Gasteiger partial charge is 0.313 e. The van der Waals surface area contributed by atoms with Crippen LogP contribution >= 0.6 is 0 Å². The third-order valence-electron chi connectivity index (χ3n) is 3.89. The van der Waals surface area contributed by atoms with Crippen LogP contribution in [0.15, 0.2) is 24.3 Å². The molecule has 1 nitrogen and oxygen atoms in total. The molecule has 1 aliphatic carbocycles. The smallest absolute Gasteiger partial charge is 0.0349 e. The lowest BCUT2D eigenvalue weighted by atomic mass is 9.77. The van der Waals surface area contributed by atoms with Gasteiger partial charge < -0.3 is 5.32 Å². The predicted octanol–water partition coefficient (Wildman–Crippen LogP) is 3.70. The highest BCUT2D eigenvalue weighted by atomic mass is 14.9. The van der Waals surface area contributed by atoms with Crippen molar-refractivity contribution in [1.82, 2.24) is 5.32 Å². The average molecular weight is 217 g/mol. The first-order valence-corrected chi connectivity index (χ1v) is 6.62. The highest BCUT2D eigenvalue weighted by Crippen LogP contribution is 2.36. The zero-order valence-corrected chi connectivity index (χ0v) is 10.5. The van der Waals surface area contributed by atoms with Crippen molar-refractivity contribution in [3.63, 3.8) is 0 Å². The molecule has 1 heteroatoms. The lowest BCUT2D eigenvalue weighted by Gasteiger charge is -2.33. The van der Waals surface area contributed by atoms with Crippen LogP contribution < -0.4 is 5.32 Å². The van der Waals surface area contributed by atoms with E-state index >= 15 is 0 Å². The second kappa shape index (κ2) is 5.49. The SMILES string of the molecule is CCCCC1CCc2ccccc2C1NC. The molecule has 0 saturated carbocycles. The minimum Gasteiger partial charge on any atom is -0.313 e. The van der Waals surface area contributed by atoms with Gasteiger partial charge in [0.15, 0.2) is 0 Å². The van der Waals surface area contributed by atoms with E-state index in [1.54, 1.807) is 5.56 Å². The van der Waals surface area contributed by atoms with Gasteiger partial charge in [-0.1, -0.05) is 44.0 Å². The number of unbranched alkanes of at least 4 members (excludes halogenated alkanes) is 1. The Morgan fingerprint density at radius 2 is 2.12 bits per heavy atom. The molecule has 1 aromatic carbocycles. The summed E-state index contributed by atoms with van der Waals surface area (Å²) in [6, 6.07) is 9.50. The fraction of sp³-hybridized carbons (Fsp3) is 0.600. The fourth-order valence-electron chi connectivity index (χ4n) is 3.00. The van der Waals surface area contributed by atoms with E-state index in [-0.39, 0.29) is 0 Å². The molecule has 0 fully saturated rings. The first kappa shape index (κ1) is 11.7. The molecule has 0 aromatic heterocycles. The Hall–Kier alpha value is -0.820. The number of rotatable bonds is 4. The van der Waals surface area contributed by atoms with Gasteiger partial charge in [0.2, 0.25) is 0 Å². The predicted molar refractivity (Wildman–Crippen MR) is 69.6 cm³/mol. The van der Waals surface area contributed by atoms with Gasteiger partial charge in [0, 0.05) is 6.04 Å². The minimum absolute atomic E-state index is 0.580. The molecule has 2 unspecified atom stereocenters. The summed E-state index contributed by atoms with van der Waals surface area (Å²) in [7, 11) is 2.10. The molecule has 0 radical (unpaired) electrons. The molecule has 1 aromatic rings. The van der Waals surface area contributed by atoms with E-state index in [9.17, 15) is 0 Å². The molecule has 0 amide bonds. The molecule has 1 aliphatic rings. The molecule has 88 valence electrons. The second-order valence-electron chi connectivity index (χ2n) is 4.91. The maximum absolute atomic E-state index is 3.52. The quantitative estimate of drug-likeness (QED) is 0.811. The van der Waals surface area contributed by atoms with Crippen LogP contribution in [0.2, 0.25) is 0 Å². The summed E-state index contributed by atoms with van der Waals surface area (Å²) < 4.78 is 0. The van der Waals surface area contributed by atoms with Gasteiger partial charge in [-0.2, -0.15) is 0 Å². The Kier molecular flexibility index (Phi) is 4.00. The molecule has 0 spiro atoms. The zero-order valence-electron chi connectivity index (χ0n) is 10.5. The summed E-state index contributed by atoms with van der Waals surface area (Å²) in [6.45, 7) is 2.28. The van der Waals surface area contributed by atoms with E-state index in [0.717, 1.165) is 5.92 Å². The summed E-state index contributed by atoms with van der Waals surface area (Å²) in [5, 5.41) is 3.52. The van der Waals surface area contributed by atoms with Crippen LogP contribution in [0, 0.1) is 5.92 Å². The Morgan fingerprint density at radius 1 is 1.31 bits per heavy atom. The average Bonchev–Trinajstić information content (AvgIpc) is 2.35. The van der Waals surface area contributed by atoms with Gasteiger partial charge in [-0.05, 0) is 43.4 Å². The Bertz CT molecular complexity index is 332. The van der Waals surface area contributed by atoms with E-state index in [0.29, 0.717) is 6.04 Å². The van der Waals surface area contributed by atoms with Gasteiger partial charge in [-0.25, -0.2) is 0 Å². The second-order valence-corrected chi connectivity index (χ2v) is 4.91. The van der Waals surface area contributed by atoms with Gasteiger partial charge in [-0.15, -0.1) is 0 Å². The molecule has 2 rings (SSSR count). The first-order valence-electron chi connectivity index (χ1n) is 6.62. The third kappa shape index (κ3) is 2.30. The zero-order chi connectivity index (χ0) is 11.4. The Morgan fingerprint density at radius 3 is 2.88 bits per heavy atom. The van der Waals surface area contributed by atoms with Crippen LogP contribution in [0.5, 0.6) is 0 Å². The normalized spacial score (nSPS) is 24.1. The maximum atomic E-state index is 3.52. The van der Waals surface area contributed by atoms with Crippen molar-refractivity contribution in [1.29, 1.82) is 0 Å². The number of aryl methyl sites for hydroxylation is 1. The Balaban J connectivity index is 2.16. The van der Waals surface area contributed by atoms with Crippen molar-refractivity contribution >= 4 is 0 Å². The summed E-state index contributed by atoms with van der Waals surface area (Å²) in [6.07, 6.45) is 6.67. The number of hydrogen-bond donors (Lipinski definition) is 1. The summed E-state index contributed by atoms with van der Waals surface area (Å²) in [5.41, 5.74) is 3.09. The van der Waals surface area contributed by atoms with Crippen molar-refractivity contribution in [3.8, 4) is 0 Å². The lowest BCUT2D eigenvalue weighted by Crippen LogP contribution is -2.30. The number of hydrogen-bond acceptors (Lipinski definition) is 1. The van der Waals surface area contributed by atoms with Crippen LogP contribution in [0.25, 0.3) is 0 Å². The molecule has 2 atom stereocenters. The fourth-order valence-corrected chi connectivity index (χ4v) is 3.00. The first-order chi connectivity index (χ1) is 7.86. The van der Waals surface area contributed by atoms with Crippen LogP contribution in [-0.2, 0) is 6.42 Å². The van der Waals surface area contributed by atoms with E-state index < -0.39 is 0 Å². The summed E-state index contributed by atoms with van der Waals surface area (Å²) in [4.78, 5) is 0. The highest BCUT2D eigenvalue weighted by molar-refractivity contribution is 5.32. The molecule has 16 heavy (non-hydrogen) atoms. The monoisotopic (exact) mass is 217 g/mol. The lowest BCUT2D eigenvalue weighted by molar-refractivity contribution is 0.310. The van der Waals surface area contributed by atoms with Crippen molar-refractivity contribution in [3.05, 3.63) is 35.4 Å². The van der Waals surface area contributed by atoms with E-state index in [2.05, 4.69) is 43.6 Å². The van der Waals surface area contributed by atoms with Crippen molar-refractivity contribution in [2.45, 2.75) is 45.1 Å². The summed E-state index contributed by atoms with van der Waals surface area (Å²) in [5.74, 6) is 0.833. The molecule has 0 heterocycles. The van der Waals surface area contributed by atoms with E-state index in [4.69, 9.17) is 0 Å². The van der Waals surface area contributed by atoms with Crippen molar-refractivity contribution in [2.24, 2.45) is 5.92 Å².